The Morgan fingerprint density at radius 3 is 2.67 bits per heavy atom. The number of amides is 2. The molecule has 1 saturated heterocycles. The summed E-state index contributed by atoms with van der Waals surface area (Å²) < 4.78 is 2.23. The van der Waals surface area contributed by atoms with Gasteiger partial charge in [0.05, 0.1) is 0 Å². The van der Waals surface area contributed by atoms with Gasteiger partial charge in [-0.3, -0.25) is 9.59 Å². The van der Waals surface area contributed by atoms with Crippen molar-refractivity contribution in [1.29, 1.82) is 0 Å². The monoisotopic (exact) mass is 334 g/mol. The molecule has 0 atom stereocenters. The van der Waals surface area contributed by atoms with Gasteiger partial charge in [-0.25, -0.2) is 4.98 Å². The molecule has 0 radical (unpaired) electrons. The van der Waals surface area contributed by atoms with Crippen LogP contribution in [0.1, 0.15) is 51.0 Å². The third-order valence-electron chi connectivity index (χ3n) is 4.79. The molecule has 1 N–H and O–H groups in total. The van der Waals surface area contributed by atoms with Gasteiger partial charge >= 0.3 is 0 Å². The number of carbonyl (C=O) groups is 2. The first-order chi connectivity index (χ1) is 11.5. The minimum Gasteiger partial charge on any atom is -0.356 e. The van der Waals surface area contributed by atoms with Crippen LogP contribution in [0.4, 0.5) is 0 Å². The van der Waals surface area contributed by atoms with E-state index in [4.69, 9.17) is 0 Å². The van der Waals surface area contributed by atoms with Gasteiger partial charge in [0.15, 0.2) is 0 Å². The lowest BCUT2D eigenvalue weighted by Gasteiger charge is -2.30. The molecule has 1 fully saturated rings. The highest BCUT2D eigenvalue weighted by molar-refractivity contribution is 5.76. The van der Waals surface area contributed by atoms with Crippen molar-refractivity contribution in [2.24, 2.45) is 5.92 Å². The van der Waals surface area contributed by atoms with Crippen molar-refractivity contribution in [3.8, 4) is 0 Å². The summed E-state index contributed by atoms with van der Waals surface area (Å²) in [6.07, 6.45) is 6.15. The number of hydrogen-bond donors (Lipinski definition) is 1. The molecule has 1 aromatic heterocycles. The summed E-state index contributed by atoms with van der Waals surface area (Å²) in [5.41, 5.74) is 1.18. The summed E-state index contributed by atoms with van der Waals surface area (Å²) in [6, 6.07) is 0. The van der Waals surface area contributed by atoms with Crippen LogP contribution in [0.2, 0.25) is 0 Å². The fourth-order valence-electron chi connectivity index (χ4n) is 3.34. The number of hydrogen-bond acceptors (Lipinski definition) is 3. The Kier molecular flexibility index (Phi) is 6.82. The summed E-state index contributed by atoms with van der Waals surface area (Å²) in [6.45, 7) is 8.99. The van der Waals surface area contributed by atoms with Crippen LogP contribution in [0, 0.1) is 12.8 Å². The van der Waals surface area contributed by atoms with Crippen LogP contribution < -0.4 is 5.32 Å². The molecule has 2 amide bonds. The minimum atomic E-state index is 0.113. The van der Waals surface area contributed by atoms with Gasteiger partial charge in [-0.15, -0.1) is 0 Å². The van der Waals surface area contributed by atoms with Crippen LogP contribution in [-0.4, -0.2) is 45.9 Å². The average molecular weight is 334 g/mol. The van der Waals surface area contributed by atoms with Crippen molar-refractivity contribution >= 4 is 11.8 Å². The van der Waals surface area contributed by atoms with Gasteiger partial charge in [-0.05, 0) is 32.1 Å². The zero-order chi connectivity index (χ0) is 17.5. The molecular formula is C18H30N4O2. The van der Waals surface area contributed by atoms with E-state index >= 15 is 0 Å². The predicted octanol–water partition coefficient (Wildman–Crippen LogP) is 1.91. The SMILES string of the molecule is CCCn1c(C)cnc1CCNC(=O)CC1CCN(C(C)=O)CC1. The molecule has 0 bridgehead atoms. The Morgan fingerprint density at radius 1 is 1.33 bits per heavy atom. The fraction of sp³-hybridized carbons (Fsp3) is 0.722. The largest absolute Gasteiger partial charge is 0.356 e. The molecule has 6 nitrogen and oxygen atoms in total. The molecule has 1 aliphatic rings. The highest BCUT2D eigenvalue weighted by atomic mass is 16.2. The molecule has 0 aliphatic carbocycles. The van der Waals surface area contributed by atoms with E-state index in [-0.39, 0.29) is 11.8 Å². The molecule has 0 unspecified atom stereocenters. The number of nitrogens with one attached hydrogen (secondary N) is 1. The third-order valence-corrected chi connectivity index (χ3v) is 4.79. The highest BCUT2D eigenvalue weighted by Crippen LogP contribution is 2.20. The number of rotatable bonds is 7. The topological polar surface area (TPSA) is 67.2 Å². The predicted molar refractivity (Wildman–Crippen MR) is 93.6 cm³/mol. The summed E-state index contributed by atoms with van der Waals surface area (Å²) in [4.78, 5) is 29.7. The molecule has 2 rings (SSSR count). The van der Waals surface area contributed by atoms with E-state index in [1.165, 1.54) is 5.69 Å². The van der Waals surface area contributed by atoms with Crippen molar-refractivity contribution in [1.82, 2.24) is 19.8 Å². The van der Waals surface area contributed by atoms with Crippen LogP contribution in [0.15, 0.2) is 6.20 Å². The number of aromatic nitrogens is 2. The first-order valence-corrected chi connectivity index (χ1v) is 9.04. The number of piperidine rings is 1. The van der Waals surface area contributed by atoms with Gasteiger partial charge in [-0.2, -0.15) is 0 Å². The molecule has 0 saturated carbocycles. The molecule has 1 aromatic rings. The molecule has 134 valence electrons. The highest BCUT2D eigenvalue weighted by Gasteiger charge is 2.22. The second kappa shape index (κ2) is 8.85. The van der Waals surface area contributed by atoms with Gasteiger partial charge in [0, 0.05) is 57.8 Å². The minimum absolute atomic E-state index is 0.113. The quantitative estimate of drug-likeness (QED) is 0.828. The molecule has 6 heteroatoms. The van der Waals surface area contributed by atoms with Crippen molar-refractivity contribution in [3.05, 3.63) is 17.7 Å². The normalized spacial score (nSPS) is 15.5. The summed E-state index contributed by atoms with van der Waals surface area (Å²) >= 11 is 0. The zero-order valence-corrected chi connectivity index (χ0v) is 15.2. The molecule has 24 heavy (non-hydrogen) atoms. The van der Waals surface area contributed by atoms with Gasteiger partial charge < -0.3 is 14.8 Å². The van der Waals surface area contributed by atoms with Crippen molar-refractivity contribution in [2.75, 3.05) is 19.6 Å². The third kappa shape index (κ3) is 5.08. The van der Waals surface area contributed by atoms with E-state index in [0.29, 0.717) is 18.9 Å². The Labute approximate surface area is 144 Å². The van der Waals surface area contributed by atoms with Gasteiger partial charge in [-0.1, -0.05) is 6.92 Å². The van der Waals surface area contributed by atoms with Crippen LogP contribution in [-0.2, 0) is 22.6 Å². The number of imidazole rings is 1. The van der Waals surface area contributed by atoms with Gasteiger partial charge in [0.1, 0.15) is 5.82 Å². The molecule has 1 aliphatic heterocycles. The maximum Gasteiger partial charge on any atom is 0.220 e. The van der Waals surface area contributed by atoms with Crippen LogP contribution in [0.5, 0.6) is 0 Å². The van der Waals surface area contributed by atoms with E-state index in [1.54, 1.807) is 6.92 Å². The molecular weight excluding hydrogens is 304 g/mol. The molecule has 0 spiro atoms. The molecule has 0 aromatic carbocycles. The second-order valence-electron chi connectivity index (χ2n) is 6.72. The van der Waals surface area contributed by atoms with Gasteiger partial charge in [0.25, 0.3) is 0 Å². The summed E-state index contributed by atoms with van der Waals surface area (Å²) in [7, 11) is 0. The van der Waals surface area contributed by atoms with Crippen molar-refractivity contribution in [3.63, 3.8) is 0 Å². The second-order valence-corrected chi connectivity index (χ2v) is 6.72. The van der Waals surface area contributed by atoms with E-state index in [9.17, 15) is 9.59 Å². The number of aryl methyl sites for hydroxylation is 1. The first-order valence-electron chi connectivity index (χ1n) is 9.04. The fourth-order valence-corrected chi connectivity index (χ4v) is 3.34. The maximum absolute atomic E-state index is 12.1. The standard InChI is InChI=1S/C18H30N4O2/c1-4-9-22-14(2)13-20-17(22)5-8-19-18(24)12-16-6-10-21(11-7-16)15(3)23/h13,16H,4-12H2,1-3H3,(H,19,24). The lowest BCUT2D eigenvalue weighted by Crippen LogP contribution is -2.38. The lowest BCUT2D eigenvalue weighted by molar-refractivity contribution is -0.130. The Bertz CT molecular complexity index is 559. The smallest absolute Gasteiger partial charge is 0.220 e. The van der Waals surface area contributed by atoms with Crippen molar-refractivity contribution < 1.29 is 9.59 Å². The van der Waals surface area contributed by atoms with Crippen molar-refractivity contribution in [2.45, 2.75) is 59.4 Å². The van der Waals surface area contributed by atoms with Crippen LogP contribution in [0.25, 0.3) is 0 Å². The van der Waals surface area contributed by atoms with E-state index in [1.807, 2.05) is 11.1 Å². The lowest BCUT2D eigenvalue weighted by atomic mass is 9.93. The van der Waals surface area contributed by atoms with E-state index < -0.39 is 0 Å². The number of nitrogens with zero attached hydrogens (tertiary/aromatic N) is 3. The molecule has 2 heterocycles. The maximum atomic E-state index is 12.1. The van der Waals surface area contributed by atoms with E-state index in [0.717, 1.165) is 51.1 Å². The number of carbonyl (C=O) groups excluding carboxylic acids is 2. The first kappa shape index (κ1) is 18.5. The Morgan fingerprint density at radius 2 is 2.04 bits per heavy atom. The average Bonchev–Trinajstić information content (AvgIpc) is 2.89. The van der Waals surface area contributed by atoms with Gasteiger partial charge in [0.2, 0.25) is 11.8 Å². The Balaban J connectivity index is 1.70. The number of likely N-dealkylation sites (tertiary alicyclic amines) is 1. The summed E-state index contributed by atoms with van der Waals surface area (Å²) in [5.74, 6) is 1.69. The summed E-state index contributed by atoms with van der Waals surface area (Å²) in [5, 5.41) is 3.02. The van der Waals surface area contributed by atoms with Crippen LogP contribution >= 0.6 is 0 Å². The van der Waals surface area contributed by atoms with E-state index in [2.05, 4.69) is 28.7 Å². The van der Waals surface area contributed by atoms with Crippen LogP contribution in [0.3, 0.4) is 0 Å². The zero-order valence-electron chi connectivity index (χ0n) is 15.2. The Hall–Kier alpha value is -1.85.